The molecule has 0 radical (unpaired) electrons. The zero-order valence-electron chi connectivity index (χ0n) is 42.6. The number of carbonyl (C=O) groups excluding carboxylic acids is 2. The number of nitrogens with zero attached hydrogens (tertiary/aromatic N) is 1. The van der Waals surface area contributed by atoms with Crippen LogP contribution in [0.2, 0.25) is 0 Å². The Kier molecular flexibility index (Phi) is 45.4. The van der Waals surface area contributed by atoms with Gasteiger partial charge in [0.05, 0.1) is 27.7 Å². The van der Waals surface area contributed by atoms with Crippen LogP contribution in [-0.2, 0) is 32.7 Å². The molecule has 0 aliphatic rings. The first kappa shape index (κ1) is 62.0. The first-order chi connectivity index (χ1) is 30.5. The number of likely N-dealkylation sites (N-methyl/N-ethyl adjacent to an activating group) is 1. The summed E-state index contributed by atoms with van der Waals surface area (Å²) in [5.74, 6) is -0.811. The van der Waals surface area contributed by atoms with E-state index in [9.17, 15) is 19.0 Å². The summed E-state index contributed by atoms with van der Waals surface area (Å²) in [5.41, 5.74) is 0. The molecule has 0 saturated heterocycles. The smallest absolute Gasteiger partial charge is 0.306 e. The molecule has 376 valence electrons. The molecule has 10 heteroatoms. The lowest BCUT2D eigenvalue weighted by Crippen LogP contribution is -2.37. The number of ether oxygens (including phenoxy) is 2. The standard InChI is InChI=1S/C53H106NO8P/c1-6-8-10-12-14-16-18-20-22-24-25-26-27-28-30-31-33-35-37-39-41-43-45-52(55)59-49-51(50-61-63(57,58)60-48-47-54(3,4)5)62-53(56)46-44-42-40-38-36-34-32-29-23-21-19-17-15-13-11-9-7-2/h51H,6-50H2,1-5H3/t51-/m1/s1. The highest BCUT2D eigenvalue weighted by molar-refractivity contribution is 7.45. The van der Waals surface area contributed by atoms with Crippen LogP contribution in [0.3, 0.4) is 0 Å². The Hall–Kier alpha value is -0.990. The van der Waals surface area contributed by atoms with Crippen molar-refractivity contribution in [3.8, 4) is 0 Å². The maximum Gasteiger partial charge on any atom is 0.306 e. The van der Waals surface area contributed by atoms with Gasteiger partial charge in [0.2, 0.25) is 0 Å². The molecule has 63 heavy (non-hydrogen) atoms. The Morgan fingerprint density at radius 1 is 0.429 bits per heavy atom. The van der Waals surface area contributed by atoms with Crippen molar-refractivity contribution in [2.45, 2.75) is 283 Å². The Morgan fingerprint density at radius 2 is 0.714 bits per heavy atom. The minimum Gasteiger partial charge on any atom is -0.756 e. The lowest BCUT2D eigenvalue weighted by molar-refractivity contribution is -0.870. The maximum atomic E-state index is 12.7. The Labute approximate surface area is 391 Å². The fraction of sp³-hybridized carbons (Fsp3) is 0.962. The highest BCUT2D eigenvalue weighted by Crippen LogP contribution is 2.38. The number of phosphoric ester groups is 1. The molecule has 1 unspecified atom stereocenters. The second-order valence-corrected chi connectivity index (χ2v) is 21.4. The quantitative estimate of drug-likeness (QED) is 0.0257. The van der Waals surface area contributed by atoms with Crippen LogP contribution >= 0.6 is 7.82 Å². The SMILES string of the molecule is CCCCCCCCCCCCCCCCCCCCCCCCC(=O)OC[C@H](COP(=O)([O-])OCC[N+](C)(C)C)OC(=O)CCCCCCCCCCCCCCCCCCC. The molecule has 0 aliphatic carbocycles. The molecular weight excluding hydrogens is 810 g/mol. The number of rotatable bonds is 51. The molecule has 0 spiro atoms. The van der Waals surface area contributed by atoms with E-state index in [1.165, 1.54) is 212 Å². The van der Waals surface area contributed by atoms with Crippen LogP contribution < -0.4 is 4.89 Å². The Morgan fingerprint density at radius 3 is 1.02 bits per heavy atom. The van der Waals surface area contributed by atoms with E-state index >= 15 is 0 Å². The van der Waals surface area contributed by atoms with Gasteiger partial charge in [-0.15, -0.1) is 0 Å². The molecule has 0 aromatic carbocycles. The van der Waals surface area contributed by atoms with Crippen molar-refractivity contribution >= 4 is 19.8 Å². The number of hydrogen-bond acceptors (Lipinski definition) is 8. The van der Waals surface area contributed by atoms with Gasteiger partial charge < -0.3 is 27.9 Å². The number of esters is 2. The van der Waals surface area contributed by atoms with Gasteiger partial charge in [0.15, 0.2) is 6.10 Å². The fourth-order valence-corrected chi connectivity index (χ4v) is 8.86. The third-order valence-corrected chi connectivity index (χ3v) is 13.3. The van der Waals surface area contributed by atoms with E-state index in [0.29, 0.717) is 17.4 Å². The largest absolute Gasteiger partial charge is 0.756 e. The van der Waals surface area contributed by atoms with Gasteiger partial charge in [0, 0.05) is 12.8 Å². The number of carbonyl (C=O) groups is 2. The summed E-state index contributed by atoms with van der Waals surface area (Å²) < 4.78 is 34.1. The molecule has 0 heterocycles. The monoisotopic (exact) mass is 916 g/mol. The van der Waals surface area contributed by atoms with Crippen molar-refractivity contribution in [1.82, 2.24) is 0 Å². The van der Waals surface area contributed by atoms with Gasteiger partial charge in [0.25, 0.3) is 7.82 Å². The van der Waals surface area contributed by atoms with Gasteiger partial charge in [-0.3, -0.25) is 14.2 Å². The Bertz CT molecular complexity index is 1040. The number of unbranched alkanes of at least 4 members (excludes halogenated alkanes) is 37. The molecule has 0 aromatic heterocycles. The van der Waals surface area contributed by atoms with E-state index in [-0.39, 0.29) is 32.0 Å². The predicted molar refractivity (Wildman–Crippen MR) is 264 cm³/mol. The highest BCUT2D eigenvalue weighted by atomic mass is 31.2. The fourth-order valence-electron chi connectivity index (χ4n) is 8.13. The van der Waals surface area contributed by atoms with Gasteiger partial charge >= 0.3 is 11.9 Å². The average Bonchev–Trinajstić information content (AvgIpc) is 3.24. The van der Waals surface area contributed by atoms with Gasteiger partial charge in [-0.05, 0) is 12.8 Å². The molecule has 9 nitrogen and oxygen atoms in total. The minimum atomic E-state index is -4.62. The molecule has 2 atom stereocenters. The summed E-state index contributed by atoms with van der Waals surface area (Å²) in [7, 11) is 1.19. The second-order valence-electron chi connectivity index (χ2n) is 20.0. The van der Waals surface area contributed by atoms with Gasteiger partial charge in [-0.25, -0.2) is 0 Å². The lowest BCUT2D eigenvalue weighted by Gasteiger charge is -2.28. The van der Waals surface area contributed by atoms with Crippen LogP contribution in [0, 0.1) is 0 Å². The summed E-state index contributed by atoms with van der Waals surface area (Å²) >= 11 is 0. The van der Waals surface area contributed by atoms with E-state index < -0.39 is 26.5 Å². The second kappa shape index (κ2) is 46.1. The number of quaternary nitrogens is 1. The summed E-state index contributed by atoms with van der Waals surface area (Å²) in [4.78, 5) is 37.8. The topological polar surface area (TPSA) is 111 Å². The van der Waals surface area contributed by atoms with Gasteiger partial charge in [0.1, 0.15) is 19.8 Å². The minimum absolute atomic E-state index is 0.0252. The van der Waals surface area contributed by atoms with E-state index in [0.717, 1.165) is 32.1 Å². The summed E-state index contributed by atoms with van der Waals surface area (Å²) in [5, 5.41) is 0. The van der Waals surface area contributed by atoms with Crippen LogP contribution in [-0.4, -0.2) is 70.0 Å². The highest BCUT2D eigenvalue weighted by Gasteiger charge is 2.22. The number of hydrogen-bond donors (Lipinski definition) is 0. The Balaban J connectivity index is 4.14. The first-order valence-electron chi connectivity index (χ1n) is 27.2. The van der Waals surface area contributed by atoms with Crippen LogP contribution in [0.25, 0.3) is 0 Å². The molecule has 0 saturated carbocycles. The molecule has 0 bridgehead atoms. The van der Waals surface area contributed by atoms with Crippen molar-refractivity contribution in [3.63, 3.8) is 0 Å². The normalized spacial score (nSPS) is 13.3. The van der Waals surface area contributed by atoms with Crippen LogP contribution in [0.4, 0.5) is 0 Å². The van der Waals surface area contributed by atoms with Crippen LogP contribution in [0.15, 0.2) is 0 Å². The van der Waals surface area contributed by atoms with Gasteiger partial charge in [-0.1, -0.05) is 251 Å². The predicted octanol–water partition coefficient (Wildman–Crippen LogP) is 15.7. The molecule has 0 fully saturated rings. The zero-order valence-corrected chi connectivity index (χ0v) is 43.5. The molecule has 0 aromatic rings. The average molecular weight is 916 g/mol. The lowest BCUT2D eigenvalue weighted by atomic mass is 10.0. The van der Waals surface area contributed by atoms with Crippen molar-refractivity contribution in [3.05, 3.63) is 0 Å². The first-order valence-corrected chi connectivity index (χ1v) is 28.7. The van der Waals surface area contributed by atoms with E-state index in [4.69, 9.17) is 18.5 Å². The van der Waals surface area contributed by atoms with Crippen LogP contribution in [0.1, 0.15) is 277 Å². The van der Waals surface area contributed by atoms with Crippen molar-refractivity contribution in [1.29, 1.82) is 0 Å². The molecular formula is C53H106NO8P. The third kappa shape index (κ3) is 50.3. The summed E-state index contributed by atoms with van der Waals surface area (Å²) in [6.45, 7) is 4.30. The maximum absolute atomic E-state index is 12.7. The van der Waals surface area contributed by atoms with E-state index in [1.54, 1.807) is 0 Å². The molecule has 0 rings (SSSR count). The molecule has 0 N–H and O–H groups in total. The van der Waals surface area contributed by atoms with Crippen molar-refractivity contribution in [2.75, 3.05) is 47.5 Å². The zero-order chi connectivity index (χ0) is 46.4. The van der Waals surface area contributed by atoms with E-state index in [2.05, 4.69) is 13.8 Å². The summed E-state index contributed by atoms with van der Waals surface area (Å²) in [6, 6.07) is 0. The summed E-state index contributed by atoms with van der Waals surface area (Å²) in [6.07, 6.45) is 49.9. The third-order valence-electron chi connectivity index (χ3n) is 12.4. The molecule has 0 aliphatic heterocycles. The number of phosphoric acid groups is 1. The van der Waals surface area contributed by atoms with Crippen molar-refractivity contribution in [2.24, 2.45) is 0 Å². The van der Waals surface area contributed by atoms with Crippen molar-refractivity contribution < 1.29 is 42.1 Å². The van der Waals surface area contributed by atoms with Gasteiger partial charge in [-0.2, -0.15) is 0 Å². The van der Waals surface area contributed by atoms with E-state index in [1.807, 2.05) is 21.1 Å². The van der Waals surface area contributed by atoms with Crippen LogP contribution in [0.5, 0.6) is 0 Å². The molecule has 0 amide bonds.